The van der Waals surface area contributed by atoms with Gasteiger partial charge in [-0.1, -0.05) is 0 Å². The summed E-state index contributed by atoms with van der Waals surface area (Å²) in [6.07, 6.45) is 0. The van der Waals surface area contributed by atoms with Gasteiger partial charge in [0.2, 0.25) is 0 Å². The van der Waals surface area contributed by atoms with Crippen molar-refractivity contribution in [1.82, 2.24) is 4.48 Å². The molecule has 0 aliphatic rings. The molecular formula is C10H18N3Sn+. The fourth-order valence-electron chi connectivity index (χ4n) is 1.19. The van der Waals surface area contributed by atoms with Crippen LogP contribution in [0.3, 0.4) is 0 Å². The summed E-state index contributed by atoms with van der Waals surface area (Å²) in [7, 11) is 6.32. The Bertz CT molecular complexity index is 305. The van der Waals surface area contributed by atoms with Crippen LogP contribution in [0.5, 0.6) is 0 Å². The van der Waals surface area contributed by atoms with Crippen LogP contribution in [0.25, 0.3) is 0 Å². The molecule has 0 bridgehead atoms. The predicted molar refractivity (Wildman–Crippen MR) is 64.1 cm³/mol. The van der Waals surface area contributed by atoms with Gasteiger partial charge in [-0.25, -0.2) is 0 Å². The van der Waals surface area contributed by atoms with Crippen molar-refractivity contribution in [2.45, 2.75) is 6.54 Å². The van der Waals surface area contributed by atoms with Crippen LogP contribution in [0.4, 0.5) is 11.4 Å². The second-order valence-electron chi connectivity index (χ2n) is 4.10. The smallest absolute Gasteiger partial charge is 0.134 e. The second kappa shape index (κ2) is 5.00. The first kappa shape index (κ1) is 13.7. The first-order chi connectivity index (χ1) is 5.95. The van der Waals surface area contributed by atoms with E-state index in [-0.39, 0.29) is 23.9 Å². The number of hydrogen-bond acceptors (Lipinski definition) is 2. The van der Waals surface area contributed by atoms with Crippen molar-refractivity contribution in [3.8, 4) is 0 Å². The quantitative estimate of drug-likeness (QED) is 0.476. The van der Waals surface area contributed by atoms with Gasteiger partial charge in [0, 0.05) is 42.2 Å². The third-order valence-corrected chi connectivity index (χ3v) is 2.12. The number of nitrogens with zero attached hydrogens (tertiary/aromatic N) is 1. The minimum Gasteiger partial charge on any atom is -0.398 e. The molecule has 0 aliphatic carbocycles. The van der Waals surface area contributed by atoms with Gasteiger partial charge in [-0.2, -0.15) is 0 Å². The van der Waals surface area contributed by atoms with E-state index in [2.05, 4.69) is 27.2 Å². The molecule has 0 amide bonds. The van der Waals surface area contributed by atoms with Gasteiger partial charge in [0.15, 0.2) is 0 Å². The monoisotopic (exact) mass is 300 g/mol. The van der Waals surface area contributed by atoms with Crippen LogP contribution < -0.4 is 16.0 Å². The maximum absolute atomic E-state index is 5.84. The molecule has 0 saturated carbocycles. The molecule has 0 fully saturated rings. The number of benzene rings is 1. The van der Waals surface area contributed by atoms with Crippen LogP contribution in [0.2, 0.25) is 0 Å². The largest absolute Gasteiger partial charge is 0.398 e. The molecule has 4 heteroatoms. The fourth-order valence-corrected chi connectivity index (χ4v) is 1.19. The number of nitrogen functional groups attached to an aromatic ring is 1. The van der Waals surface area contributed by atoms with E-state index < -0.39 is 0 Å². The summed E-state index contributed by atoms with van der Waals surface area (Å²) in [5.41, 5.74) is 14.3. The molecule has 3 nitrogen and oxygen atoms in total. The molecule has 0 spiro atoms. The van der Waals surface area contributed by atoms with Crippen molar-refractivity contribution in [2.75, 3.05) is 26.9 Å². The van der Waals surface area contributed by atoms with Crippen LogP contribution in [-0.4, -0.2) is 45.1 Å². The van der Waals surface area contributed by atoms with Gasteiger partial charge in [0.1, 0.15) is 5.69 Å². The number of quaternary nitrogens is 1. The Morgan fingerprint density at radius 1 is 1.21 bits per heavy atom. The number of anilines is 1. The first-order valence-corrected chi connectivity index (χ1v) is 4.35. The fraction of sp³-hybridized carbons (Fsp3) is 0.400. The summed E-state index contributed by atoms with van der Waals surface area (Å²) in [6.45, 7) is 0.503. The van der Waals surface area contributed by atoms with E-state index >= 15 is 0 Å². The van der Waals surface area contributed by atoms with E-state index in [9.17, 15) is 0 Å². The Morgan fingerprint density at radius 2 is 1.79 bits per heavy atom. The summed E-state index contributed by atoms with van der Waals surface area (Å²) in [6, 6.07) is 6.05. The van der Waals surface area contributed by atoms with Gasteiger partial charge < -0.3 is 11.5 Å². The SMILES string of the molecule is C[N+](C)(C)c1ccc(CN)c(N)c1.[Sn]. The molecule has 76 valence electrons. The summed E-state index contributed by atoms with van der Waals surface area (Å²) in [5, 5.41) is 0. The molecule has 1 aromatic rings. The predicted octanol–water partition coefficient (Wildman–Crippen LogP) is 0.543. The number of nitrogens with two attached hydrogens (primary N) is 2. The average Bonchev–Trinajstić information content (AvgIpc) is 2.02. The standard InChI is InChI=1S/C10H18N3.Sn/c1-13(2,3)9-5-4-8(7-11)10(12)6-9;/h4-6H,7,11-12H2,1-3H3;/q+1;. The van der Waals surface area contributed by atoms with Crippen LogP contribution in [-0.2, 0) is 6.54 Å². The van der Waals surface area contributed by atoms with Crippen molar-refractivity contribution < 1.29 is 0 Å². The van der Waals surface area contributed by atoms with E-state index in [4.69, 9.17) is 11.5 Å². The van der Waals surface area contributed by atoms with E-state index in [0.717, 1.165) is 15.7 Å². The normalized spacial score (nSPS) is 10.9. The van der Waals surface area contributed by atoms with E-state index in [1.807, 2.05) is 12.1 Å². The van der Waals surface area contributed by atoms with Gasteiger partial charge >= 0.3 is 0 Å². The van der Waals surface area contributed by atoms with E-state index in [1.54, 1.807) is 0 Å². The summed E-state index contributed by atoms with van der Waals surface area (Å²) in [5.74, 6) is 0. The molecule has 1 rings (SSSR count). The minimum absolute atomic E-state index is 0. The first-order valence-electron chi connectivity index (χ1n) is 4.35. The molecule has 4 radical (unpaired) electrons. The van der Waals surface area contributed by atoms with Gasteiger partial charge in [0.05, 0.1) is 21.1 Å². The Hall–Kier alpha value is -0.261. The Balaban J connectivity index is 0.00000169. The molecule has 0 saturated heterocycles. The van der Waals surface area contributed by atoms with Gasteiger partial charge in [-0.05, 0) is 17.7 Å². The topological polar surface area (TPSA) is 52.0 Å². The Labute approximate surface area is 103 Å². The maximum atomic E-state index is 5.84. The summed E-state index contributed by atoms with van der Waals surface area (Å²) in [4.78, 5) is 0. The summed E-state index contributed by atoms with van der Waals surface area (Å²) < 4.78 is 0.773. The molecule has 0 atom stereocenters. The van der Waals surface area contributed by atoms with Crippen LogP contribution in [0.1, 0.15) is 5.56 Å². The molecule has 0 unspecified atom stereocenters. The van der Waals surface area contributed by atoms with Crippen molar-refractivity contribution >= 4 is 35.3 Å². The zero-order chi connectivity index (χ0) is 10.1. The summed E-state index contributed by atoms with van der Waals surface area (Å²) >= 11 is 0. The molecule has 0 aliphatic heterocycles. The Morgan fingerprint density at radius 3 is 2.14 bits per heavy atom. The van der Waals surface area contributed by atoms with E-state index in [0.29, 0.717) is 6.54 Å². The van der Waals surface area contributed by atoms with Crippen LogP contribution in [0.15, 0.2) is 18.2 Å². The van der Waals surface area contributed by atoms with Gasteiger partial charge in [-0.3, -0.25) is 4.48 Å². The molecule has 0 heterocycles. The van der Waals surface area contributed by atoms with Crippen molar-refractivity contribution in [3.63, 3.8) is 0 Å². The average molecular weight is 299 g/mol. The van der Waals surface area contributed by atoms with Crippen LogP contribution >= 0.6 is 0 Å². The third-order valence-electron chi connectivity index (χ3n) is 2.12. The third kappa shape index (κ3) is 3.15. The van der Waals surface area contributed by atoms with Crippen LogP contribution in [0, 0.1) is 0 Å². The van der Waals surface area contributed by atoms with Gasteiger partial charge in [0.25, 0.3) is 0 Å². The molecule has 1 aromatic carbocycles. The second-order valence-corrected chi connectivity index (χ2v) is 4.10. The van der Waals surface area contributed by atoms with Gasteiger partial charge in [-0.15, -0.1) is 0 Å². The molecule has 14 heavy (non-hydrogen) atoms. The van der Waals surface area contributed by atoms with E-state index in [1.165, 1.54) is 5.69 Å². The van der Waals surface area contributed by atoms with Crippen molar-refractivity contribution in [1.29, 1.82) is 0 Å². The Kier molecular flexibility index (Phi) is 4.91. The number of rotatable bonds is 2. The zero-order valence-corrected chi connectivity index (χ0v) is 11.9. The molecule has 0 aromatic heterocycles. The molecule has 4 N–H and O–H groups in total. The molecular weight excluding hydrogens is 281 g/mol. The van der Waals surface area contributed by atoms with Crippen molar-refractivity contribution in [2.24, 2.45) is 5.73 Å². The number of hydrogen-bond donors (Lipinski definition) is 2. The minimum atomic E-state index is 0. The maximum Gasteiger partial charge on any atom is 0.134 e. The van der Waals surface area contributed by atoms with Crippen molar-refractivity contribution in [3.05, 3.63) is 23.8 Å². The zero-order valence-electron chi connectivity index (χ0n) is 9.04.